The second-order valence-electron chi connectivity index (χ2n) is 23.1. The van der Waals surface area contributed by atoms with Crippen molar-refractivity contribution < 1.29 is 0 Å². The lowest BCUT2D eigenvalue weighted by molar-refractivity contribution is 0.123. The van der Waals surface area contributed by atoms with E-state index in [2.05, 4.69) is 90.0 Å². The topological polar surface area (TPSA) is 0 Å². The molecule has 14 atom stereocenters. The third kappa shape index (κ3) is 22.0. The summed E-state index contributed by atoms with van der Waals surface area (Å²) in [5.74, 6) is 13.7. The summed E-state index contributed by atoms with van der Waals surface area (Å²) in [7, 11) is 0. The molecule has 0 bridgehead atoms. The smallest absolute Gasteiger partial charge is 0.0360 e. The van der Waals surface area contributed by atoms with Gasteiger partial charge in [-0.1, -0.05) is 218 Å². The quantitative estimate of drug-likeness (QED) is 0.175. The van der Waals surface area contributed by atoms with Gasteiger partial charge in [0.05, 0.1) is 0 Å². The predicted octanol–water partition coefficient (Wildman–Crippen LogP) is 19.4. The Hall–Kier alpha value is 0. The van der Waals surface area contributed by atoms with E-state index in [4.69, 9.17) is 0 Å². The Morgan fingerprint density at radius 2 is 0.964 bits per heavy atom. The lowest BCUT2D eigenvalue weighted by Gasteiger charge is -2.38. The maximum absolute atomic E-state index is 2.71. The molecule has 0 amide bonds. The van der Waals surface area contributed by atoms with Gasteiger partial charge in [-0.25, -0.2) is 0 Å². The highest BCUT2D eigenvalue weighted by Gasteiger charge is 2.32. The van der Waals surface area contributed by atoms with E-state index in [1.165, 1.54) is 180 Å². The van der Waals surface area contributed by atoms with E-state index in [1.807, 2.05) is 0 Å². The Bertz CT molecular complexity index is 902. The Balaban J connectivity index is 2.28. The van der Waals surface area contributed by atoms with Crippen molar-refractivity contribution >= 4 is 0 Å². The van der Waals surface area contributed by atoms with Crippen LogP contribution in [0.5, 0.6) is 0 Å². The molecule has 2 aliphatic carbocycles. The van der Waals surface area contributed by atoms with E-state index in [-0.39, 0.29) is 0 Å². The van der Waals surface area contributed by atoms with Crippen molar-refractivity contribution in [2.45, 2.75) is 270 Å². The van der Waals surface area contributed by atoms with Gasteiger partial charge in [-0.15, -0.1) is 0 Å². The molecule has 56 heavy (non-hydrogen) atoms. The molecule has 0 N–H and O–H groups in total. The maximum Gasteiger partial charge on any atom is -0.0360 e. The summed E-state index contributed by atoms with van der Waals surface area (Å²) >= 11 is 0. The van der Waals surface area contributed by atoms with Gasteiger partial charge in [0.15, 0.2) is 0 Å². The van der Waals surface area contributed by atoms with Crippen molar-refractivity contribution in [1.29, 1.82) is 0 Å². The highest BCUT2D eigenvalue weighted by Crippen LogP contribution is 2.43. The van der Waals surface area contributed by atoms with Gasteiger partial charge in [0.25, 0.3) is 0 Å². The van der Waals surface area contributed by atoms with E-state index >= 15 is 0 Å². The molecule has 0 aromatic carbocycles. The molecular weight excluding hydrogens is 673 g/mol. The molecule has 2 fully saturated rings. The van der Waals surface area contributed by atoms with Crippen LogP contribution in [-0.2, 0) is 0 Å². The summed E-state index contributed by atoms with van der Waals surface area (Å²) in [6, 6.07) is 0. The van der Waals surface area contributed by atoms with Gasteiger partial charge in [-0.3, -0.25) is 0 Å². The van der Waals surface area contributed by atoms with Crippen LogP contribution in [0.1, 0.15) is 270 Å². The molecule has 0 heteroatoms. The Kier molecular flexibility index (Phi) is 28.0. The molecule has 0 heterocycles. The summed E-state index contributed by atoms with van der Waals surface area (Å²) in [5, 5.41) is 0. The molecular formula is C56H110. The third-order valence-corrected chi connectivity index (χ3v) is 17.2. The van der Waals surface area contributed by atoms with Crippen molar-refractivity contribution in [3.63, 3.8) is 0 Å². The maximum atomic E-state index is 2.71. The monoisotopic (exact) mass is 783 g/mol. The average molecular weight is 783 g/mol. The van der Waals surface area contributed by atoms with Gasteiger partial charge in [0, 0.05) is 0 Å². The first-order chi connectivity index (χ1) is 26.8. The largest absolute Gasteiger partial charge is 0.0651 e. The van der Waals surface area contributed by atoms with Crippen LogP contribution >= 0.6 is 0 Å². The van der Waals surface area contributed by atoms with Crippen LogP contribution in [0.4, 0.5) is 0 Å². The minimum Gasteiger partial charge on any atom is -0.0651 e. The zero-order valence-electron chi connectivity index (χ0n) is 41.5. The highest BCUT2D eigenvalue weighted by molar-refractivity contribution is 4.83. The predicted molar refractivity (Wildman–Crippen MR) is 255 cm³/mol. The first kappa shape index (κ1) is 52.1. The van der Waals surface area contributed by atoms with Crippen LogP contribution in [0.3, 0.4) is 0 Å². The minimum absolute atomic E-state index is 0.849. The summed E-state index contributed by atoms with van der Waals surface area (Å²) in [6.07, 6.45) is 41.1. The van der Waals surface area contributed by atoms with Gasteiger partial charge >= 0.3 is 0 Å². The van der Waals surface area contributed by atoms with E-state index in [9.17, 15) is 0 Å². The molecule has 2 aliphatic rings. The second-order valence-corrected chi connectivity index (χ2v) is 23.1. The van der Waals surface area contributed by atoms with E-state index < -0.39 is 0 Å². The standard InChI is InChI=1S/C56H110/c1-14-43(6)37-51-27-21-28-52(38-44(7)15-2)40-47(10)41-55-29-17-18-32-56(55)50(13)34-36-54(49(12)26-19-23-42(4)5)31-22-30-53(48(11)16-3)35-33-45(8)24-20-25-46(9)39-51/h42-56H,14-41H2,1-13H3. The zero-order valence-corrected chi connectivity index (χ0v) is 41.5. The molecule has 0 aromatic heterocycles. The molecule has 334 valence electrons. The fourth-order valence-electron chi connectivity index (χ4n) is 12.6. The summed E-state index contributed by atoms with van der Waals surface area (Å²) in [5.41, 5.74) is 0. The minimum atomic E-state index is 0.849. The fraction of sp³-hybridized carbons (Fsp3) is 1.00. The van der Waals surface area contributed by atoms with Crippen LogP contribution in [0, 0.1) is 88.8 Å². The lowest BCUT2D eigenvalue weighted by Crippen LogP contribution is -2.28. The van der Waals surface area contributed by atoms with Crippen LogP contribution in [0.2, 0.25) is 0 Å². The molecule has 0 spiro atoms. The number of fused-ring (bicyclic) bond motifs is 1. The van der Waals surface area contributed by atoms with Crippen molar-refractivity contribution in [2.24, 2.45) is 88.8 Å². The third-order valence-electron chi connectivity index (χ3n) is 17.2. The Morgan fingerprint density at radius 3 is 1.57 bits per heavy atom. The van der Waals surface area contributed by atoms with Crippen LogP contribution in [-0.4, -0.2) is 0 Å². The van der Waals surface area contributed by atoms with E-state index in [0.717, 1.165) is 88.8 Å². The van der Waals surface area contributed by atoms with E-state index in [0.29, 0.717) is 0 Å². The number of hydrogen-bond donors (Lipinski definition) is 0. The van der Waals surface area contributed by atoms with Crippen LogP contribution in [0.15, 0.2) is 0 Å². The van der Waals surface area contributed by atoms with Crippen molar-refractivity contribution in [2.75, 3.05) is 0 Å². The van der Waals surface area contributed by atoms with Gasteiger partial charge in [-0.05, 0) is 140 Å². The van der Waals surface area contributed by atoms with E-state index in [1.54, 1.807) is 0 Å². The van der Waals surface area contributed by atoms with Crippen LogP contribution < -0.4 is 0 Å². The van der Waals surface area contributed by atoms with Crippen molar-refractivity contribution in [3.05, 3.63) is 0 Å². The zero-order chi connectivity index (χ0) is 41.5. The van der Waals surface area contributed by atoms with Crippen LogP contribution in [0.25, 0.3) is 0 Å². The second kappa shape index (κ2) is 30.1. The fourth-order valence-corrected chi connectivity index (χ4v) is 12.6. The van der Waals surface area contributed by atoms with Gasteiger partial charge in [0.2, 0.25) is 0 Å². The SMILES string of the molecule is CCC(C)CC1CCCC(CC(C)CC)CC(C)CC2CCCCC2C(C)CCC(C(C)CCCC(C)C)CCCC(C(C)CC)CCC(C)CCCC(C)C1. The number of hydrogen-bond acceptors (Lipinski definition) is 0. The molecule has 2 rings (SSSR count). The first-order valence-electron chi connectivity index (χ1n) is 26.8. The van der Waals surface area contributed by atoms with Gasteiger partial charge in [0.1, 0.15) is 0 Å². The molecule has 14 unspecified atom stereocenters. The van der Waals surface area contributed by atoms with Gasteiger partial charge < -0.3 is 0 Å². The molecule has 0 nitrogen and oxygen atoms in total. The molecule has 2 saturated carbocycles. The average Bonchev–Trinajstić information content (AvgIpc) is 3.16. The lowest BCUT2D eigenvalue weighted by atomic mass is 9.67. The Morgan fingerprint density at radius 1 is 0.429 bits per heavy atom. The molecule has 0 radical (unpaired) electrons. The summed E-state index contributed by atoms with van der Waals surface area (Å²) in [4.78, 5) is 0. The van der Waals surface area contributed by atoms with Gasteiger partial charge in [-0.2, -0.15) is 0 Å². The summed E-state index contributed by atoms with van der Waals surface area (Å²) in [6.45, 7) is 33.1. The first-order valence-corrected chi connectivity index (χ1v) is 26.8. The van der Waals surface area contributed by atoms with Crippen molar-refractivity contribution in [1.82, 2.24) is 0 Å². The summed E-state index contributed by atoms with van der Waals surface area (Å²) < 4.78 is 0. The molecule has 0 aromatic rings. The molecule has 0 aliphatic heterocycles. The highest BCUT2D eigenvalue weighted by atomic mass is 14.4. The number of rotatable bonds is 13. The van der Waals surface area contributed by atoms with Crippen molar-refractivity contribution in [3.8, 4) is 0 Å². The molecule has 0 saturated heterocycles. The Labute approximate surface area is 357 Å². The normalized spacial score (nSPS) is 34.6.